The lowest BCUT2D eigenvalue weighted by Crippen LogP contribution is -2.40. The zero-order chi connectivity index (χ0) is 21.9. The molecule has 0 spiro atoms. The summed E-state index contributed by atoms with van der Waals surface area (Å²) in [4.78, 5) is 7.23. The zero-order valence-electron chi connectivity index (χ0n) is 19.0. The molecule has 31 heavy (non-hydrogen) atoms. The predicted molar refractivity (Wildman–Crippen MR) is 125 cm³/mol. The van der Waals surface area contributed by atoms with Gasteiger partial charge in [0.25, 0.3) is 0 Å². The van der Waals surface area contributed by atoms with E-state index in [1.807, 2.05) is 24.3 Å². The summed E-state index contributed by atoms with van der Waals surface area (Å²) < 4.78 is 16.8. The van der Waals surface area contributed by atoms with Gasteiger partial charge < -0.3 is 24.4 Å². The fourth-order valence-electron chi connectivity index (χ4n) is 3.86. The van der Waals surface area contributed by atoms with Crippen molar-refractivity contribution < 1.29 is 14.2 Å². The summed E-state index contributed by atoms with van der Waals surface area (Å²) in [6, 6.07) is 16.2. The van der Waals surface area contributed by atoms with Crippen LogP contribution < -0.4 is 14.8 Å². The van der Waals surface area contributed by atoms with Crippen molar-refractivity contribution in [1.29, 1.82) is 0 Å². The van der Waals surface area contributed by atoms with E-state index in [0.717, 1.165) is 62.1 Å². The van der Waals surface area contributed by atoms with E-state index < -0.39 is 0 Å². The Bertz CT molecular complexity index is 826. The third kappa shape index (κ3) is 6.89. The van der Waals surface area contributed by atoms with Gasteiger partial charge in [-0.1, -0.05) is 30.3 Å². The molecule has 1 heterocycles. The van der Waals surface area contributed by atoms with Crippen LogP contribution in [0.15, 0.2) is 53.5 Å². The molecule has 1 N–H and O–H groups in total. The number of nitrogens with one attached hydrogen (secondary N) is 1. The van der Waals surface area contributed by atoms with Gasteiger partial charge in [0.1, 0.15) is 11.5 Å². The Balaban J connectivity index is 1.51. The molecule has 1 aliphatic heterocycles. The number of guanidine groups is 1. The molecule has 0 radical (unpaired) electrons. The lowest BCUT2D eigenvalue weighted by atomic mass is 10.1. The summed E-state index contributed by atoms with van der Waals surface area (Å²) in [5.74, 6) is 3.23. The molecule has 2 aromatic carbocycles. The normalized spacial score (nSPS) is 16.4. The van der Waals surface area contributed by atoms with Gasteiger partial charge in [-0.2, -0.15) is 0 Å². The Morgan fingerprint density at radius 2 is 1.97 bits per heavy atom. The first-order chi connectivity index (χ1) is 15.2. The lowest BCUT2D eigenvalue weighted by molar-refractivity contribution is 0.0907. The lowest BCUT2D eigenvalue weighted by Gasteiger charge is -2.22. The van der Waals surface area contributed by atoms with Crippen molar-refractivity contribution in [2.75, 3.05) is 47.0 Å². The molecule has 0 aromatic heterocycles. The highest BCUT2D eigenvalue weighted by Gasteiger charge is 2.25. The Morgan fingerprint density at radius 1 is 1.13 bits per heavy atom. The molecular weight excluding hydrogens is 390 g/mol. The topological polar surface area (TPSA) is 55.3 Å². The van der Waals surface area contributed by atoms with Crippen LogP contribution in [0.4, 0.5) is 0 Å². The van der Waals surface area contributed by atoms with Crippen LogP contribution >= 0.6 is 0 Å². The summed E-state index contributed by atoms with van der Waals surface area (Å²) in [6.45, 7) is 7.10. The standard InChI is InChI=1S/C25H35N3O3/c1-4-26-25(27-14-12-22-16-23(29-2)10-11-24(22)30-3)28-15-13-21(17-28)19-31-18-20-8-6-5-7-9-20/h5-11,16,21H,4,12-15,17-19H2,1-3H3,(H,26,27). The van der Waals surface area contributed by atoms with Crippen molar-refractivity contribution in [3.63, 3.8) is 0 Å². The molecule has 1 unspecified atom stereocenters. The Kier molecular flexibility index (Phi) is 9.03. The van der Waals surface area contributed by atoms with Crippen LogP contribution in [0.1, 0.15) is 24.5 Å². The quantitative estimate of drug-likeness (QED) is 0.464. The van der Waals surface area contributed by atoms with Crippen molar-refractivity contribution in [3.05, 3.63) is 59.7 Å². The maximum Gasteiger partial charge on any atom is 0.193 e. The SMILES string of the molecule is CCNC(=NCCc1cc(OC)ccc1OC)N1CCC(COCc2ccccc2)C1. The van der Waals surface area contributed by atoms with Gasteiger partial charge in [-0.05, 0) is 49.1 Å². The molecule has 1 fully saturated rings. The molecule has 1 saturated heterocycles. The van der Waals surface area contributed by atoms with Crippen molar-refractivity contribution in [2.24, 2.45) is 10.9 Å². The molecular formula is C25H35N3O3. The zero-order valence-corrected chi connectivity index (χ0v) is 19.0. The van der Waals surface area contributed by atoms with Gasteiger partial charge in [-0.25, -0.2) is 0 Å². The number of hydrogen-bond acceptors (Lipinski definition) is 4. The summed E-state index contributed by atoms with van der Waals surface area (Å²) in [5, 5.41) is 3.44. The Morgan fingerprint density at radius 3 is 2.71 bits per heavy atom. The molecule has 168 valence electrons. The molecule has 0 amide bonds. The van der Waals surface area contributed by atoms with E-state index in [-0.39, 0.29) is 0 Å². The number of rotatable bonds is 10. The van der Waals surface area contributed by atoms with Crippen molar-refractivity contribution in [3.8, 4) is 11.5 Å². The van der Waals surface area contributed by atoms with Crippen molar-refractivity contribution >= 4 is 5.96 Å². The van der Waals surface area contributed by atoms with Gasteiger partial charge in [0, 0.05) is 32.1 Å². The fourth-order valence-corrected chi connectivity index (χ4v) is 3.86. The smallest absolute Gasteiger partial charge is 0.193 e. The predicted octanol–water partition coefficient (Wildman–Crippen LogP) is 3.75. The van der Waals surface area contributed by atoms with Gasteiger partial charge in [0.15, 0.2) is 5.96 Å². The van der Waals surface area contributed by atoms with Crippen LogP contribution in [0.25, 0.3) is 0 Å². The minimum absolute atomic E-state index is 0.533. The van der Waals surface area contributed by atoms with Crippen LogP contribution in [-0.4, -0.2) is 57.9 Å². The second kappa shape index (κ2) is 12.2. The van der Waals surface area contributed by atoms with Crippen LogP contribution in [0.2, 0.25) is 0 Å². The van der Waals surface area contributed by atoms with Gasteiger partial charge in [0.2, 0.25) is 0 Å². The average Bonchev–Trinajstić information content (AvgIpc) is 3.28. The maximum atomic E-state index is 5.97. The number of ether oxygens (including phenoxy) is 3. The first-order valence-corrected chi connectivity index (χ1v) is 11.1. The van der Waals surface area contributed by atoms with Gasteiger partial charge in [-0.15, -0.1) is 0 Å². The molecule has 1 aliphatic rings. The van der Waals surface area contributed by atoms with Crippen LogP contribution in [0.3, 0.4) is 0 Å². The van der Waals surface area contributed by atoms with E-state index in [2.05, 4.69) is 41.4 Å². The number of hydrogen-bond donors (Lipinski definition) is 1. The third-order valence-electron chi connectivity index (χ3n) is 5.52. The number of benzene rings is 2. The number of likely N-dealkylation sites (tertiary alicyclic amines) is 1. The summed E-state index contributed by atoms with van der Waals surface area (Å²) in [6.07, 6.45) is 1.93. The number of methoxy groups -OCH3 is 2. The van der Waals surface area contributed by atoms with Crippen LogP contribution in [-0.2, 0) is 17.8 Å². The van der Waals surface area contributed by atoms with Crippen LogP contribution in [0.5, 0.6) is 11.5 Å². The van der Waals surface area contributed by atoms with E-state index in [1.54, 1.807) is 14.2 Å². The van der Waals surface area contributed by atoms with Gasteiger partial charge in [0.05, 0.1) is 27.4 Å². The highest BCUT2D eigenvalue weighted by atomic mass is 16.5. The van der Waals surface area contributed by atoms with E-state index in [9.17, 15) is 0 Å². The average molecular weight is 426 g/mol. The molecule has 0 bridgehead atoms. The number of aliphatic imine (C=N–C) groups is 1. The molecule has 3 rings (SSSR count). The van der Waals surface area contributed by atoms with E-state index in [0.29, 0.717) is 19.1 Å². The monoisotopic (exact) mass is 425 g/mol. The van der Waals surface area contributed by atoms with E-state index in [1.165, 1.54) is 5.56 Å². The second-order valence-electron chi connectivity index (χ2n) is 7.76. The Hall–Kier alpha value is -2.73. The van der Waals surface area contributed by atoms with E-state index in [4.69, 9.17) is 19.2 Å². The minimum Gasteiger partial charge on any atom is -0.497 e. The summed E-state index contributed by atoms with van der Waals surface area (Å²) >= 11 is 0. The van der Waals surface area contributed by atoms with Crippen LogP contribution in [0, 0.1) is 5.92 Å². The molecule has 6 heteroatoms. The molecule has 0 saturated carbocycles. The minimum atomic E-state index is 0.533. The van der Waals surface area contributed by atoms with Crippen molar-refractivity contribution in [2.45, 2.75) is 26.4 Å². The first-order valence-electron chi connectivity index (χ1n) is 11.1. The molecule has 1 atom stereocenters. The van der Waals surface area contributed by atoms with Gasteiger partial charge in [-0.3, -0.25) is 4.99 Å². The molecule has 2 aromatic rings. The second-order valence-corrected chi connectivity index (χ2v) is 7.76. The molecule has 6 nitrogen and oxygen atoms in total. The highest BCUT2D eigenvalue weighted by Crippen LogP contribution is 2.24. The number of nitrogens with zero attached hydrogens (tertiary/aromatic N) is 2. The fraction of sp³-hybridized carbons (Fsp3) is 0.480. The third-order valence-corrected chi connectivity index (χ3v) is 5.52. The first kappa shape index (κ1) is 22.9. The Labute approximate surface area is 186 Å². The van der Waals surface area contributed by atoms with Gasteiger partial charge >= 0.3 is 0 Å². The summed E-state index contributed by atoms with van der Waals surface area (Å²) in [7, 11) is 3.38. The van der Waals surface area contributed by atoms with Crippen molar-refractivity contribution in [1.82, 2.24) is 10.2 Å². The largest absolute Gasteiger partial charge is 0.497 e. The highest BCUT2D eigenvalue weighted by molar-refractivity contribution is 5.80. The van der Waals surface area contributed by atoms with E-state index >= 15 is 0 Å². The summed E-state index contributed by atoms with van der Waals surface area (Å²) in [5.41, 5.74) is 2.33. The molecule has 0 aliphatic carbocycles. The maximum absolute atomic E-state index is 5.97.